The van der Waals surface area contributed by atoms with E-state index in [1.807, 2.05) is 6.08 Å². The van der Waals surface area contributed by atoms with Gasteiger partial charge in [0.15, 0.2) is 0 Å². The van der Waals surface area contributed by atoms with Gasteiger partial charge in [0.1, 0.15) is 0 Å². The van der Waals surface area contributed by atoms with E-state index in [-0.39, 0.29) is 0 Å². The standard InChI is InChI=1S/C38H27N/c1-2-27-18-22-31(23-19-27)39(38-26-30-11-4-6-14-35(30)36-15-7-8-16-37(36)38)32-24-20-29(21-25-32)34-17-9-12-28-10-3-5-13-33(28)34/h2-26H,1H2. The van der Waals surface area contributed by atoms with Crippen LogP contribution in [0.4, 0.5) is 17.1 Å². The fourth-order valence-corrected chi connectivity index (χ4v) is 5.67. The lowest BCUT2D eigenvalue weighted by atomic mass is 9.97. The predicted molar refractivity (Wildman–Crippen MR) is 169 cm³/mol. The quantitative estimate of drug-likeness (QED) is 0.214. The molecule has 0 N–H and O–H groups in total. The number of anilines is 3. The first-order chi connectivity index (χ1) is 19.3. The first kappa shape index (κ1) is 23.0. The molecule has 0 saturated carbocycles. The van der Waals surface area contributed by atoms with E-state index in [0.29, 0.717) is 0 Å². The van der Waals surface area contributed by atoms with Crippen LogP contribution < -0.4 is 4.90 Å². The van der Waals surface area contributed by atoms with Crippen LogP contribution in [0.25, 0.3) is 49.5 Å². The number of benzene rings is 7. The molecule has 0 spiro atoms. The Hall–Kier alpha value is -5.14. The lowest BCUT2D eigenvalue weighted by Crippen LogP contribution is -2.10. The van der Waals surface area contributed by atoms with Gasteiger partial charge >= 0.3 is 0 Å². The van der Waals surface area contributed by atoms with Gasteiger partial charge in [0, 0.05) is 16.8 Å². The molecule has 0 aromatic heterocycles. The summed E-state index contributed by atoms with van der Waals surface area (Å²) in [5.74, 6) is 0. The Morgan fingerprint density at radius 3 is 1.74 bits per heavy atom. The van der Waals surface area contributed by atoms with E-state index in [9.17, 15) is 0 Å². The molecule has 0 amide bonds. The van der Waals surface area contributed by atoms with Crippen molar-refractivity contribution in [3.8, 4) is 11.1 Å². The molecule has 0 heterocycles. The maximum atomic E-state index is 3.94. The Morgan fingerprint density at radius 1 is 0.462 bits per heavy atom. The molecular formula is C38H27N. The topological polar surface area (TPSA) is 3.24 Å². The van der Waals surface area contributed by atoms with Crippen LogP contribution in [-0.4, -0.2) is 0 Å². The second-order valence-corrected chi connectivity index (χ2v) is 9.87. The highest BCUT2D eigenvalue weighted by Gasteiger charge is 2.17. The lowest BCUT2D eigenvalue weighted by molar-refractivity contribution is 1.30. The summed E-state index contributed by atoms with van der Waals surface area (Å²) in [4.78, 5) is 2.37. The molecule has 7 aromatic carbocycles. The van der Waals surface area contributed by atoms with Gasteiger partial charge < -0.3 is 4.90 Å². The van der Waals surface area contributed by atoms with Gasteiger partial charge in [0.05, 0.1) is 5.69 Å². The normalized spacial score (nSPS) is 11.2. The molecule has 7 aromatic rings. The third-order valence-corrected chi connectivity index (χ3v) is 7.60. The van der Waals surface area contributed by atoms with Crippen molar-refractivity contribution in [2.24, 2.45) is 0 Å². The van der Waals surface area contributed by atoms with Crippen LogP contribution in [0.2, 0.25) is 0 Å². The van der Waals surface area contributed by atoms with Gasteiger partial charge in [-0.1, -0.05) is 128 Å². The number of nitrogens with zero attached hydrogens (tertiary/aromatic N) is 1. The van der Waals surface area contributed by atoms with Gasteiger partial charge in [-0.25, -0.2) is 0 Å². The second kappa shape index (κ2) is 9.63. The van der Waals surface area contributed by atoms with E-state index in [0.717, 1.165) is 22.6 Å². The summed E-state index contributed by atoms with van der Waals surface area (Å²) in [6.07, 6.45) is 1.89. The number of hydrogen-bond acceptors (Lipinski definition) is 1. The van der Waals surface area contributed by atoms with Crippen molar-refractivity contribution in [1.82, 2.24) is 0 Å². The Kier molecular flexibility index (Phi) is 5.68. The zero-order valence-electron chi connectivity index (χ0n) is 21.6. The van der Waals surface area contributed by atoms with Crippen molar-refractivity contribution in [3.05, 3.63) is 158 Å². The largest absolute Gasteiger partial charge is 0.310 e. The highest BCUT2D eigenvalue weighted by molar-refractivity contribution is 6.14. The van der Waals surface area contributed by atoms with E-state index < -0.39 is 0 Å². The predicted octanol–water partition coefficient (Wildman–Crippen LogP) is 10.9. The molecule has 0 bridgehead atoms. The maximum absolute atomic E-state index is 3.94. The second-order valence-electron chi connectivity index (χ2n) is 9.87. The third kappa shape index (κ3) is 4.05. The SMILES string of the molecule is C=Cc1ccc(N(c2ccc(-c3cccc4ccccc34)cc2)c2cc3ccccc3c3ccccc23)cc1. The summed E-state index contributed by atoms with van der Waals surface area (Å²) in [6.45, 7) is 3.94. The van der Waals surface area contributed by atoms with E-state index >= 15 is 0 Å². The maximum Gasteiger partial charge on any atom is 0.0546 e. The van der Waals surface area contributed by atoms with E-state index in [1.54, 1.807) is 0 Å². The molecule has 39 heavy (non-hydrogen) atoms. The average Bonchev–Trinajstić information content (AvgIpc) is 3.02. The zero-order chi connectivity index (χ0) is 26.2. The minimum absolute atomic E-state index is 1.10. The number of hydrogen-bond donors (Lipinski definition) is 0. The molecule has 1 nitrogen and oxygen atoms in total. The van der Waals surface area contributed by atoms with Crippen molar-refractivity contribution in [2.45, 2.75) is 0 Å². The zero-order valence-corrected chi connectivity index (χ0v) is 21.6. The van der Waals surface area contributed by atoms with Crippen molar-refractivity contribution in [2.75, 3.05) is 4.90 Å². The van der Waals surface area contributed by atoms with Gasteiger partial charge in [-0.2, -0.15) is 0 Å². The van der Waals surface area contributed by atoms with Crippen molar-refractivity contribution >= 4 is 55.5 Å². The van der Waals surface area contributed by atoms with Crippen LogP contribution in [0.15, 0.2) is 152 Å². The average molecular weight is 498 g/mol. The smallest absolute Gasteiger partial charge is 0.0546 e. The molecule has 0 saturated heterocycles. The van der Waals surface area contributed by atoms with Crippen LogP contribution in [0.1, 0.15) is 5.56 Å². The van der Waals surface area contributed by atoms with E-state index in [2.05, 4.69) is 157 Å². The highest BCUT2D eigenvalue weighted by atomic mass is 15.1. The molecule has 0 atom stereocenters. The molecule has 0 radical (unpaired) electrons. The minimum Gasteiger partial charge on any atom is -0.310 e. The highest BCUT2D eigenvalue weighted by Crippen LogP contribution is 2.42. The summed E-state index contributed by atoms with van der Waals surface area (Å²) < 4.78 is 0. The number of fused-ring (bicyclic) bond motifs is 4. The molecular weight excluding hydrogens is 470 g/mol. The third-order valence-electron chi connectivity index (χ3n) is 7.60. The van der Waals surface area contributed by atoms with Crippen LogP contribution >= 0.6 is 0 Å². The first-order valence-electron chi connectivity index (χ1n) is 13.3. The van der Waals surface area contributed by atoms with Crippen molar-refractivity contribution in [1.29, 1.82) is 0 Å². The number of rotatable bonds is 5. The lowest BCUT2D eigenvalue weighted by Gasteiger charge is -2.28. The first-order valence-corrected chi connectivity index (χ1v) is 13.3. The monoisotopic (exact) mass is 497 g/mol. The van der Waals surface area contributed by atoms with E-state index in [4.69, 9.17) is 0 Å². The van der Waals surface area contributed by atoms with Gasteiger partial charge in [-0.3, -0.25) is 0 Å². The van der Waals surface area contributed by atoms with Gasteiger partial charge in [-0.15, -0.1) is 0 Å². The fraction of sp³-hybridized carbons (Fsp3) is 0. The molecule has 0 aliphatic rings. The Labute approximate surface area is 228 Å². The summed E-state index contributed by atoms with van der Waals surface area (Å²) >= 11 is 0. The van der Waals surface area contributed by atoms with Gasteiger partial charge in [0.25, 0.3) is 0 Å². The Morgan fingerprint density at radius 2 is 1.03 bits per heavy atom. The molecule has 7 rings (SSSR count). The minimum atomic E-state index is 1.10. The van der Waals surface area contributed by atoms with Crippen LogP contribution in [0, 0.1) is 0 Å². The molecule has 0 fully saturated rings. The van der Waals surface area contributed by atoms with Gasteiger partial charge in [-0.05, 0) is 74.0 Å². The molecule has 1 heteroatoms. The van der Waals surface area contributed by atoms with Crippen molar-refractivity contribution < 1.29 is 0 Å². The summed E-state index contributed by atoms with van der Waals surface area (Å²) in [5.41, 5.74) is 6.95. The van der Waals surface area contributed by atoms with E-state index in [1.165, 1.54) is 43.4 Å². The Bertz CT molecular complexity index is 1960. The van der Waals surface area contributed by atoms with Crippen LogP contribution in [0.5, 0.6) is 0 Å². The van der Waals surface area contributed by atoms with Gasteiger partial charge in [0.2, 0.25) is 0 Å². The molecule has 0 unspecified atom stereocenters. The van der Waals surface area contributed by atoms with Crippen LogP contribution in [0.3, 0.4) is 0 Å². The molecule has 0 aliphatic carbocycles. The summed E-state index contributed by atoms with van der Waals surface area (Å²) in [7, 11) is 0. The molecule has 184 valence electrons. The summed E-state index contributed by atoms with van der Waals surface area (Å²) in [6, 6.07) is 52.4. The summed E-state index contributed by atoms with van der Waals surface area (Å²) in [5, 5.41) is 7.50. The fourth-order valence-electron chi connectivity index (χ4n) is 5.67. The molecule has 0 aliphatic heterocycles. The van der Waals surface area contributed by atoms with Crippen molar-refractivity contribution in [3.63, 3.8) is 0 Å². The Balaban J connectivity index is 1.43. The van der Waals surface area contributed by atoms with Crippen LogP contribution in [-0.2, 0) is 0 Å².